The van der Waals surface area contributed by atoms with E-state index in [2.05, 4.69) is 39.9 Å². The summed E-state index contributed by atoms with van der Waals surface area (Å²) in [5, 5.41) is 3.81. The smallest absolute Gasteiger partial charge is 0.0623 e. The van der Waals surface area contributed by atoms with E-state index < -0.39 is 0 Å². The average Bonchev–Trinajstić information content (AvgIpc) is 2.83. The van der Waals surface area contributed by atoms with Gasteiger partial charge in [-0.3, -0.25) is 0 Å². The Kier molecular flexibility index (Phi) is 7.00. The Hall–Kier alpha value is -0.0800. The number of ether oxygens (including phenoxy) is 1. The third-order valence-electron chi connectivity index (χ3n) is 5.19. The second-order valence-corrected chi connectivity index (χ2v) is 7.78. The lowest BCUT2D eigenvalue weighted by molar-refractivity contribution is 0.00564. The summed E-state index contributed by atoms with van der Waals surface area (Å²) in [5.74, 6) is 0.796. The Bertz CT molecular complexity index is 267. The van der Waals surface area contributed by atoms with Crippen molar-refractivity contribution in [2.45, 2.75) is 91.2 Å². The number of nitrogens with one attached hydrogen (secondary N) is 1. The highest BCUT2D eigenvalue weighted by Gasteiger charge is 2.41. The highest BCUT2D eigenvalue weighted by molar-refractivity contribution is 4.96. The van der Waals surface area contributed by atoms with Crippen LogP contribution in [0.4, 0.5) is 0 Å². The number of hydrogen-bond donors (Lipinski definition) is 1. The summed E-state index contributed by atoms with van der Waals surface area (Å²) in [6.45, 7) is 12.5. The molecule has 1 aliphatic carbocycles. The molecule has 1 atom stereocenters. The van der Waals surface area contributed by atoms with Crippen molar-refractivity contribution in [2.75, 3.05) is 13.7 Å². The first kappa shape index (κ1) is 18.0. The van der Waals surface area contributed by atoms with E-state index in [4.69, 9.17) is 4.74 Å². The van der Waals surface area contributed by atoms with Gasteiger partial charge in [0.05, 0.1) is 5.60 Å². The molecule has 0 spiro atoms. The van der Waals surface area contributed by atoms with Crippen molar-refractivity contribution in [2.24, 2.45) is 11.3 Å². The molecule has 0 bridgehead atoms. The fourth-order valence-electron chi connectivity index (χ4n) is 4.05. The molecule has 0 amide bonds. The normalized spacial score (nSPS) is 20.6. The number of methoxy groups -OCH3 is 1. The highest BCUT2D eigenvalue weighted by Crippen LogP contribution is 2.47. The van der Waals surface area contributed by atoms with Gasteiger partial charge in [0.25, 0.3) is 0 Å². The van der Waals surface area contributed by atoms with E-state index in [9.17, 15) is 0 Å². The quantitative estimate of drug-likeness (QED) is 0.658. The second-order valence-electron chi connectivity index (χ2n) is 7.78. The van der Waals surface area contributed by atoms with Gasteiger partial charge < -0.3 is 10.1 Å². The van der Waals surface area contributed by atoms with Crippen LogP contribution in [0.1, 0.15) is 79.6 Å². The van der Waals surface area contributed by atoms with Gasteiger partial charge in [0.15, 0.2) is 0 Å². The van der Waals surface area contributed by atoms with Crippen LogP contribution >= 0.6 is 0 Å². The van der Waals surface area contributed by atoms with Crippen LogP contribution in [-0.4, -0.2) is 25.3 Å². The van der Waals surface area contributed by atoms with E-state index in [1.807, 2.05) is 7.11 Å². The van der Waals surface area contributed by atoms with Crippen molar-refractivity contribution in [1.29, 1.82) is 0 Å². The number of hydrogen-bond acceptors (Lipinski definition) is 2. The summed E-state index contributed by atoms with van der Waals surface area (Å²) < 4.78 is 5.62. The third-order valence-corrected chi connectivity index (χ3v) is 5.19. The molecule has 1 rings (SSSR count). The van der Waals surface area contributed by atoms with Gasteiger partial charge in [-0.15, -0.1) is 0 Å². The van der Waals surface area contributed by atoms with Crippen LogP contribution in [0, 0.1) is 11.3 Å². The molecule has 0 aromatic heterocycles. The molecule has 120 valence electrons. The molecule has 1 saturated carbocycles. The van der Waals surface area contributed by atoms with Crippen LogP contribution in [0.15, 0.2) is 0 Å². The molecule has 2 nitrogen and oxygen atoms in total. The molecular formula is C18H37NO. The monoisotopic (exact) mass is 283 g/mol. The van der Waals surface area contributed by atoms with E-state index in [0.717, 1.165) is 18.9 Å². The predicted octanol–water partition coefficient (Wildman–Crippen LogP) is 4.78. The van der Waals surface area contributed by atoms with Crippen LogP contribution in [0.2, 0.25) is 0 Å². The lowest BCUT2D eigenvalue weighted by atomic mass is 9.70. The Morgan fingerprint density at radius 3 is 2.25 bits per heavy atom. The SMILES string of the molecule is CCNC(CCC(C)(C)OC)C1(CC(C)C)CCCC1. The second kappa shape index (κ2) is 7.79. The summed E-state index contributed by atoms with van der Waals surface area (Å²) in [4.78, 5) is 0. The van der Waals surface area contributed by atoms with Gasteiger partial charge in [0.1, 0.15) is 0 Å². The van der Waals surface area contributed by atoms with E-state index in [1.54, 1.807) is 0 Å². The molecule has 2 heteroatoms. The maximum atomic E-state index is 5.62. The van der Waals surface area contributed by atoms with Crippen molar-refractivity contribution in [3.63, 3.8) is 0 Å². The van der Waals surface area contributed by atoms with Crippen LogP contribution in [0.25, 0.3) is 0 Å². The summed E-state index contributed by atoms with van der Waals surface area (Å²) in [7, 11) is 1.84. The van der Waals surface area contributed by atoms with Crippen LogP contribution in [-0.2, 0) is 4.74 Å². The Labute approximate surface area is 127 Å². The van der Waals surface area contributed by atoms with Crippen LogP contribution < -0.4 is 5.32 Å². The maximum absolute atomic E-state index is 5.62. The van der Waals surface area contributed by atoms with E-state index >= 15 is 0 Å². The molecule has 0 radical (unpaired) electrons. The Balaban J connectivity index is 2.75. The molecule has 1 fully saturated rings. The van der Waals surface area contributed by atoms with Gasteiger partial charge >= 0.3 is 0 Å². The molecule has 0 aromatic carbocycles. The predicted molar refractivity (Wildman–Crippen MR) is 88.1 cm³/mol. The minimum atomic E-state index is 0.00525. The molecule has 20 heavy (non-hydrogen) atoms. The largest absolute Gasteiger partial charge is 0.379 e. The summed E-state index contributed by atoms with van der Waals surface area (Å²) in [6, 6.07) is 0.659. The van der Waals surface area contributed by atoms with Crippen LogP contribution in [0.5, 0.6) is 0 Å². The van der Waals surface area contributed by atoms with E-state index in [0.29, 0.717) is 11.5 Å². The zero-order valence-corrected chi connectivity index (χ0v) is 14.7. The van der Waals surface area contributed by atoms with Gasteiger partial charge in [0.2, 0.25) is 0 Å². The standard InChI is InChI=1S/C18H37NO/c1-7-19-16(10-13-17(4,5)20-6)18(14-15(2)3)11-8-9-12-18/h15-16,19H,7-14H2,1-6H3. The number of rotatable bonds is 9. The highest BCUT2D eigenvalue weighted by atomic mass is 16.5. The molecule has 0 aliphatic heterocycles. The van der Waals surface area contributed by atoms with Gasteiger partial charge in [-0.1, -0.05) is 33.6 Å². The summed E-state index contributed by atoms with van der Waals surface area (Å²) >= 11 is 0. The Morgan fingerprint density at radius 1 is 1.20 bits per heavy atom. The molecular weight excluding hydrogens is 246 g/mol. The first-order valence-corrected chi connectivity index (χ1v) is 8.64. The summed E-state index contributed by atoms with van der Waals surface area (Å²) in [6.07, 6.45) is 9.41. The van der Waals surface area contributed by atoms with Crippen molar-refractivity contribution in [3.8, 4) is 0 Å². The molecule has 0 heterocycles. The molecule has 1 N–H and O–H groups in total. The lowest BCUT2D eigenvalue weighted by Crippen LogP contribution is -2.45. The molecule has 1 aliphatic rings. The van der Waals surface area contributed by atoms with E-state index in [-0.39, 0.29) is 5.60 Å². The minimum Gasteiger partial charge on any atom is -0.379 e. The van der Waals surface area contributed by atoms with Crippen LogP contribution in [0.3, 0.4) is 0 Å². The molecule has 1 unspecified atom stereocenters. The fourth-order valence-corrected chi connectivity index (χ4v) is 4.05. The maximum Gasteiger partial charge on any atom is 0.0623 e. The Morgan fingerprint density at radius 2 is 1.80 bits per heavy atom. The summed E-state index contributed by atoms with van der Waals surface area (Å²) in [5.41, 5.74) is 0.541. The first-order chi connectivity index (χ1) is 9.35. The first-order valence-electron chi connectivity index (χ1n) is 8.64. The average molecular weight is 284 g/mol. The van der Waals surface area contributed by atoms with Gasteiger partial charge in [0, 0.05) is 13.2 Å². The van der Waals surface area contributed by atoms with Gasteiger partial charge in [-0.05, 0) is 63.8 Å². The molecule has 0 saturated heterocycles. The lowest BCUT2D eigenvalue weighted by Gasteiger charge is -2.41. The van der Waals surface area contributed by atoms with Crippen molar-refractivity contribution < 1.29 is 4.74 Å². The third kappa shape index (κ3) is 5.04. The zero-order chi connectivity index (χ0) is 15.2. The van der Waals surface area contributed by atoms with Crippen molar-refractivity contribution in [1.82, 2.24) is 5.32 Å². The zero-order valence-electron chi connectivity index (χ0n) is 14.7. The van der Waals surface area contributed by atoms with Gasteiger partial charge in [-0.25, -0.2) is 0 Å². The topological polar surface area (TPSA) is 21.3 Å². The van der Waals surface area contributed by atoms with Crippen molar-refractivity contribution >= 4 is 0 Å². The van der Waals surface area contributed by atoms with Crippen molar-refractivity contribution in [3.05, 3.63) is 0 Å². The minimum absolute atomic E-state index is 0.00525. The fraction of sp³-hybridized carbons (Fsp3) is 1.00. The van der Waals surface area contributed by atoms with E-state index in [1.165, 1.54) is 38.5 Å². The molecule has 0 aromatic rings. The van der Waals surface area contributed by atoms with Gasteiger partial charge in [-0.2, -0.15) is 0 Å².